The monoisotopic (exact) mass is 274 g/mol. The standard InChI is InChI=1S/C15H18N2O3/c1-11-4-2-3-5-13(11)10-17-9-8-12(15(17)19)6-7-14(18)16-20/h2-5,8-9,19-20H,6-7,10H2,1H3,(H,16,18). The molecule has 5 heteroatoms. The molecule has 1 amide bonds. The fraction of sp³-hybridized carbons (Fsp3) is 0.267. The number of aromatic nitrogens is 1. The number of nitrogens with one attached hydrogen (secondary N) is 1. The zero-order valence-electron chi connectivity index (χ0n) is 11.3. The second-order valence-corrected chi connectivity index (χ2v) is 4.75. The SMILES string of the molecule is Cc1ccccc1Cn1ccc(CCC(=O)NO)c1O. The summed E-state index contributed by atoms with van der Waals surface area (Å²) in [7, 11) is 0. The van der Waals surface area contributed by atoms with Crippen molar-refractivity contribution in [3.8, 4) is 5.88 Å². The number of rotatable bonds is 5. The summed E-state index contributed by atoms with van der Waals surface area (Å²) in [6.45, 7) is 2.62. The van der Waals surface area contributed by atoms with E-state index >= 15 is 0 Å². The number of benzene rings is 1. The maximum atomic E-state index is 11.0. The summed E-state index contributed by atoms with van der Waals surface area (Å²) < 4.78 is 1.74. The van der Waals surface area contributed by atoms with E-state index in [1.807, 2.05) is 31.2 Å². The second kappa shape index (κ2) is 6.25. The normalized spacial score (nSPS) is 10.5. The van der Waals surface area contributed by atoms with Crippen LogP contribution in [0.4, 0.5) is 0 Å². The van der Waals surface area contributed by atoms with Crippen molar-refractivity contribution < 1.29 is 15.1 Å². The predicted octanol–water partition coefficient (Wildman–Crippen LogP) is 1.99. The molecule has 1 aromatic carbocycles. The van der Waals surface area contributed by atoms with Crippen molar-refractivity contribution in [2.75, 3.05) is 0 Å². The van der Waals surface area contributed by atoms with Crippen LogP contribution in [0.3, 0.4) is 0 Å². The molecule has 0 fully saturated rings. The van der Waals surface area contributed by atoms with Gasteiger partial charge in [0, 0.05) is 18.2 Å². The van der Waals surface area contributed by atoms with Gasteiger partial charge in [-0.15, -0.1) is 0 Å². The van der Waals surface area contributed by atoms with Crippen LogP contribution in [0.5, 0.6) is 5.88 Å². The highest BCUT2D eigenvalue weighted by Gasteiger charge is 2.10. The van der Waals surface area contributed by atoms with Gasteiger partial charge in [0.05, 0.1) is 6.54 Å². The van der Waals surface area contributed by atoms with E-state index in [2.05, 4.69) is 0 Å². The topological polar surface area (TPSA) is 74.5 Å². The number of carbonyl (C=O) groups is 1. The number of hydroxylamine groups is 1. The van der Waals surface area contributed by atoms with E-state index in [4.69, 9.17) is 5.21 Å². The van der Waals surface area contributed by atoms with Crippen molar-refractivity contribution in [3.05, 3.63) is 53.2 Å². The van der Waals surface area contributed by atoms with Crippen molar-refractivity contribution in [2.45, 2.75) is 26.3 Å². The van der Waals surface area contributed by atoms with Crippen LogP contribution in [0, 0.1) is 6.92 Å². The van der Waals surface area contributed by atoms with Gasteiger partial charge in [-0.05, 0) is 30.5 Å². The van der Waals surface area contributed by atoms with Gasteiger partial charge in [-0.3, -0.25) is 10.0 Å². The van der Waals surface area contributed by atoms with Crippen LogP contribution in [0.15, 0.2) is 36.5 Å². The zero-order valence-corrected chi connectivity index (χ0v) is 11.3. The van der Waals surface area contributed by atoms with Crippen molar-refractivity contribution in [2.24, 2.45) is 0 Å². The molecule has 0 spiro atoms. The Kier molecular flexibility index (Phi) is 4.42. The van der Waals surface area contributed by atoms with E-state index in [0.29, 0.717) is 18.5 Å². The van der Waals surface area contributed by atoms with E-state index < -0.39 is 5.91 Å². The minimum Gasteiger partial charge on any atom is -0.494 e. The molecule has 0 bridgehead atoms. The largest absolute Gasteiger partial charge is 0.494 e. The summed E-state index contributed by atoms with van der Waals surface area (Å²) in [5, 5.41) is 18.6. The molecule has 1 heterocycles. The molecule has 2 rings (SSSR count). The summed E-state index contributed by atoms with van der Waals surface area (Å²) in [5.41, 5.74) is 4.58. The number of amides is 1. The molecular formula is C15H18N2O3. The molecule has 20 heavy (non-hydrogen) atoms. The van der Waals surface area contributed by atoms with E-state index in [0.717, 1.165) is 5.56 Å². The Morgan fingerprint density at radius 1 is 1.25 bits per heavy atom. The average Bonchev–Trinajstić information content (AvgIpc) is 2.80. The van der Waals surface area contributed by atoms with E-state index in [1.54, 1.807) is 22.3 Å². The van der Waals surface area contributed by atoms with E-state index in [-0.39, 0.29) is 12.3 Å². The van der Waals surface area contributed by atoms with Crippen LogP contribution in [0.2, 0.25) is 0 Å². The van der Waals surface area contributed by atoms with Crippen LogP contribution in [0.25, 0.3) is 0 Å². The molecule has 3 N–H and O–H groups in total. The Bertz CT molecular complexity index is 605. The molecule has 0 unspecified atom stereocenters. The Labute approximate surface area is 117 Å². The first-order chi connectivity index (χ1) is 9.61. The van der Waals surface area contributed by atoms with Crippen molar-refractivity contribution in [3.63, 3.8) is 0 Å². The molecule has 0 atom stereocenters. The highest BCUT2D eigenvalue weighted by molar-refractivity contribution is 5.74. The number of nitrogens with zero attached hydrogens (tertiary/aromatic N) is 1. The lowest BCUT2D eigenvalue weighted by atomic mass is 10.1. The summed E-state index contributed by atoms with van der Waals surface area (Å²) >= 11 is 0. The molecule has 0 saturated heterocycles. The quantitative estimate of drug-likeness (QED) is 0.576. The third-order valence-corrected chi connectivity index (χ3v) is 3.36. The molecule has 106 valence electrons. The van der Waals surface area contributed by atoms with Crippen molar-refractivity contribution in [1.29, 1.82) is 0 Å². The molecule has 0 saturated carbocycles. The molecular weight excluding hydrogens is 256 g/mol. The van der Waals surface area contributed by atoms with Crippen LogP contribution in [0.1, 0.15) is 23.1 Å². The number of hydrogen-bond donors (Lipinski definition) is 3. The Morgan fingerprint density at radius 3 is 2.70 bits per heavy atom. The second-order valence-electron chi connectivity index (χ2n) is 4.75. The Hall–Kier alpha value is -2.27. The van der Waals surface area contributed by atoms with Gasteiger partial charge < -0.3 is 9.67 Å². The fourth-order valence-corrected chi connectivity index (χ4v) is 2.11. The van der Waals surface area contributed by atoms with Gasteiger partial charge in [-0.1, -0.05) is 24.3 Å². The summed E-state index contributed by atoms with van der Waals surface area (Å²) in [6, 6.07) is 9.79. The molecule has 0 aliphatic rings. The first-order valence-corrected chi connectivity index (χ1v) is 6.46. The third-order valence-electron chi connectivity index (χ3n) is 3.36. The molecule has 0 aliphatic heterocycles. The van der Waals surface area contributed by atoms with Crippen LogP contribution in [-0.2, 0) is 17.8 Å². The van der Waals surface area contributed by atoms with E-state index in [9.17, 15) is 9.90 Å². The molecule has 1 aromatic heterocycles. The molecule has 5 nitrogen and oxygen atoms in total. The minimum atomic E-state index is -0.462. The summed E-state index contributed by atoms with van der Waals surface area (Å²) in [4.78, 5) is 11.0. The van der Waals surface area contributed by atoms with Crippen LogP contribution >= 0.6 is 0 Å². The summed E-state index contributed by atoms with van der Waals surface area (Å²) in [6.07, 6.45) is 2.32. The summed E-state index contributed by atoms with van der Waals surface area (Å²) in [5.74, 6) is -0.296. The maximum absolute atomic E-state index is 11.0. The third kappa shape index (κ3) is 3.19. The predicted molar refractivity (Wildman–Crippen MR) is 74.6 cm³/mol. The Balaban J connectivity index is 2.09. The average molecular weight is 274 g/mol. The lowest BCUT2D eigenvalue weighted by Crippen LogP contribution is -2.18. The van der Waals surface area contributed by atoms with Crippen LogP contribution in [-0.4, -0.2) is 20.8 Å². The van der Waals surface area contributed by atoms with Gasteiger partial charge in [0.1, 0.15) is 0 Å². The molecule has 0 radical (unpaired) electrons. The lowest BCUT2D eigenvalue weighted by molar-refractivity contribution is -0.129. The number of aromatic hydroxyl groups is 1. The molecule has 2 aromatic rings. The molecule has 0 aliphatic carbocycles. The first kappa shape index (κ1) is 14.1. The van der Waals surface area contributed by atoms with Gasteiger partial charge in [0.15, 0.2) is 5.88 Å². The van der Waals surface area contributed by atoms with Crippen molar-refractivity contribution in [1.82, 2.24) is 10.0 Å². The van der Waals surface area contributed by atoms with E-state index in [1.165, 1.54) is 5.56 Å². The van der Waals surface area contributed by atoms with Gasteiger partial charge in [0.2, 0.25) is 5.91 Å². The highest BCUT2D eigenvalue weighted by Crippen LogP contribution is 2.22. The van der Waals surface area contributed by atoms with Gasteiger partial charge in [-0.25, -0.2) is 5.48 Å². The first-order valence-electron chi connectivity index (χ1n) is 6.46. The van der Waals surface area contributed by atoms with Gasteiger partial charge in [0.25, 0.3) is 0 Å². The fourth-order valence-electron chi connectivity index (χ4n) is 2.11. The minimum absolute atomic E-state index is 0.137. The van der Waals surface area contributed by atoms with Crippen molar-refractivity contribution >= 4 is 5.91 Å². The lowest BCUT2D eigenvalue weighted by Gasteiger charge is -2.08. The number of carbonyl (C=O) groups excluding carboxylic acids is 1. The number of aryl methyl sites for hydroxylation is 2. The maximum Gasteiger partial charge on any atom is 0.243 e. The highest BCUT2D eigenvalue weighted by atomic mass is 16.5. The van der Waals surface area contributed by atoms with Gasteiger partial charge >= 0.3 is 0 Å². The smallest absolute Gasteiger partial charge is 0.243 e. The number of hydrogen-bond acceptors (Lipinski definition) is 3. The van der Waals surface area contributed by atoms with Gasteiger partial charge in [-0.2, -0.15) is 0 Å². The zero-order chi connectivity index (χ0) is 14.5. The van der Waals surface area contributed by atoms with Crippen LogP contribution < -0.4 is 5.48 Å². The Morgan fingerprint density at radius 2 is 2.00 bits per heavy atom.